The molecule has 0 aromatic heterocycles. The highest BCUT2D eigenvalue weighted by Crippen LogP contribution is 2.45. The van der Waals surface area contributed by atoms with E-state index in [9.17, 15) is 0 Å². The maximum Gasteiger partial charge on any atom is 0.0819 e. The summed E-state index contributed by atoms with van der Waals surface area (Å²) in [6.45, 7) is 7.36. The van der Waals surface area contributed by atoms with Gasteiger partial charge < -0.3 is 4.48 Å². The molecule has 1 heterocycles. The van der Waals surface area contributed by atoms with E-state index in [-0.39, 0.29) is 0 Å². The summed E-state index contributed by atoms with van der Waals surface area (Å²) < 4.78 is 1.19. The molecule has 1 aromatic carbocycles. The molecule has 1 aliphatic rings. The van der Waals surface area contributed by atoms with Crippen molar-refractivity contribution in [1.82, 2.24) is 0 Å². The van der Waals surface area contributed by atoms with Crippen LogP contribution in [0.1, 0.15) is 38.7 Å². The first kappa shape index (κ1) is 13.6. The van der Waals surface area contributed by atoms with E-state index in [1.165, 1.54) is 36.8 Å². The largest absolute Gasteiger partial charge is 0.328 e. The van der Waals surface area contributed by atoms with Gasteiger partial charge in [-0.25, -0.2) is 0 Å². The molecule has 0 radical (unpaired) electrons. The van der Waals surface area contributed by atoms with Crippen molar-refractivity contribution >= 4 is 0 Å². The van der Waals surface area contributed by atoms with Crippen molar-refractivity contribution in [2.24, 2.45) is 5.92 Å². The van der Waals surface area contributed by atoms with Gasteiger partial charge in [0.05, 0.1) is 27.2 Å². The zero-order valence-electron chi connectivity index (χ0n) is 12.4. The maximum absolute atomic E-state index is 2.38. The van der Waals surface area contributed by atoms with Gasteiger partial charge in [-0.1, -0.05) is 44.2 Å². The maximum atomic E-state index is 2.38. The van der Waals surface area contributed by atoms with Crippen molar-refractivity contribution in [2.45, 2.75) is 38.5 Å². The molecule has 1 heteroatoms. The lowest BCUT2D eigenvalue weighted by atomic mass is 9.63. The van der Waals surface area contributed by atoms with Crippen LogP contribution in [0.3, 0.4) is 0 Å². The van der Waals surface area contributed by atoms with Gasteiger partial charge in [0, 0.05) is 17.8 Å². The monoisotopic (exact) mass is 246 g/mol. The van der Waals surface area contributed by atoms with Gasteiger partial charge in [-0.2, -0.15) is 0 Å². The lowest BCUT2D eigenvalue weighted by Gasteiger charge is -2.50. The Morgan fingerprint density at radius 3 is 2.39 bits per heavy atom. The molecule has 1 aromatic rings. The predicted octanol–water partition coefficient (Wildman–Crippen LogP) is 3.84. The molecule has 2 atom stereocenters. The molecule has 1 saturated heterocycles. The third kappa shape index (κ3) is 2.33. The van der Waals surface area contributed by atoms with Crippen LogP contribution in [0, 0.1) is 5.92 Å². The molecular formula is C17H28N+. The number of hydrogen-bond acceptors (Lipinski definition) is 0. The number of likely N-dealkylation sites (tertiary alicyclic amines) is 1. The topological polar surface area (TPSA) is 0 Å². The summed E-state index contributed by atoms with van der Waals surface area (Å²) in [7, 11) is 4.76. The molecule has 2 unspecified atom stereocenters. The number of rotatable bonds is 3. The van der Waals surface area contributed by atoms with E-state index in [1.807, 2.05) is 0 Å². The summed E-state index contributed by atoms with van der Waals surface area (Å²) in [5.74, 6) is 0.814. The van der Waals surface area contributed by atoms with Crippen LogP contribution in [0.5, 0.6) is 0 Å². The summed E-state index contributed by atoms with van der Waals surface area (Å²) in [6, 6.07) is 11.2. The average molecular weight is 246 g/mol. The van der Waals surface area contributed by atoms with Crippen molar-refractivity contribution < 1.29 is 4.48 Å². The molecule has 1 fully saturated rings. The second-order valence-electron chi connectivity index (χ2n) is 6.57. The van der Waals surface area contributed by atoms with E-state index in [4.69, 9.17) is 0 Å². The first-order valence-electron chi connectivity index (χ1n) is 7.41. The minimum Gasteiger partial charge on any atom is -0.328 e. The minimum absolute atomic E-state index is 0.420. The smallest absolute Gasteiger partial charge is 0.0819 e. The highest BCUT2D eigenvalue weighted by molar-refractivity contribution is 5.27. The van der Waals surface area contributed by atoms with Gasteiger partial charge in [-0.3, -0.25) is 0 Å². The highest BCUT2D eigenvalue weighted by atomic mass is 15.3. The summed E-state index contributed by atoms with van der Waals surface area (Å²) in [5, 5.41) is 0. The van der Waals surface area contributed by atoms with Crippen molar-refractivity contribution in [3.8, 4) is 0 Å². The van der Waals surface area contributed by atoms with Crippen LogP contribution in [0.4, 0.5) is 0 Å². The Labute approximate surface area is 112 Å². The third-order valence-electron chi connectivity index (χ3n) is 5.13. The van der Waals surface area contributed by atoms with Gasteiger partial charge in [0.15, 0.2) is 0 Å². The van der Waals surface area contributed by atoms with Crippen molar-refractivity contribution in [3.63, 3.8) is 0 Å². The van der Waals surface area contributed by atoms with Crippen LogP contribution in [-0.4, -0.2) is 31.7 Å². The molecular weight excluding hydrogens is 218 g/mol. The molecule has 100 valence electrons. The number of nitrogens with zero attached hydrogens (tertiary/aromatic N) is 1. The Bertz CT molecular complexity index is 382. The van der Waals surface area contributed by atoms with Gasteiger partial charge in [0.25, 0.3) is 0 Å². The number of hydrogen-bond donors (Lipinski definition) is 0. The normalized spacial score (nSPS) is 31.2. The molecule has 0 aliphatic carbocycles. The summed E-state index contributed by atoms with van der Waals surface area (Å²) >= 11 is 0. The number of benzene rings is 1. The molecule has 0 bridgehead atoms. The van der Waals surface area contributed by atoms with Gasteiger partial charge >= 0.3 is 0 Å². The van der Waals surface area contributed by atoms with Gasteiger partial charge in [-0.05, 0) is 18.4 Å². The SMILES string of the molecule is CCC1C[N+](C)(C)CCC1(CC)c1ccccc1. The van der Waals surface area contributed by atoms with Crippen molar-refractivity contribution in [2.75, 3.05) is 27.2 Å². The van der Waals surface area contributed by atoms with E-state index < -0.39 is 0 Å². The van der Waals surface area contributed by atoms with Crippen molar-refractivity contribution in [3.05, 3.63) is 35.9 Å². The highest BCUT2D eigenvalue weighted by Gasteiger charge is 2.45. The van der Waals surface area contributed by atoms with Crippen LogP contribution >= 0.6 is 0 Å². The predicted molar refractivity (Wildman–Crippen MR) is 78.7 cm³/mol. The van der Waals surface area contributed by atoms with Gasteiger partial charge in [0.1, 0.15) is 0 Å². The summed E-state index contributed by atoms with van der Waals surface area (Å²) in [4.78, 5) is 0. The molecule has 1 aliphatic heterocycles. The Balaban J connectivity index is 2.37. The summed E-state index contributed by atoms with van der Waals surface area (Å²) in [5.41, 5.74) is 1.99. The fraction of sp³-hybridized carbons (Fsp3) is 0.647. The van der Waals surface area contributed by atoms with E-state index in [2.05, 4.69) is 58.3 Å². The molecule has 18 heavy (non-hydrogen) atoms. The Hall–Kier alpha value is -0.820. The fourth-order valence-electron chi connectivity index (χ4n) is 3.91. The van der Waals surface area contributed by atoms with Gasteiger partial charge in [0.2, 0.25) is 0 Å². The molecule has 0 spiro atoms. The first-order valence-corrected chi connectivity index (χ1v) is 7.41. The van der Waals surface area contributed by atoms with Crippen LogP contribution in [0.2, 0.25) is 0 Å². The second-order valence-corrected chi connectivity index (χ2v) is 6.57. The van der Waals surface area contributed by atoms with Crippen molar-refractivity contribution in [1.29, 1.82) is 0 Å². The van der Waals surface area contributed by atoms with Crippen LogP contribution in [0.15, 0.2) is 30.3 Å². The first-order chi connectivity index (χ1) is 8.54. The van der Waals surface area contributed by atoms with E-state index in [1.54, 1.807) is 5.56 Å². The van der Waals surface area contributed by atoms with Crippen LogP contribution in [0.25, 0.3) is 0 Å². The molecule has 0 N–H and O–H groups in total. The fourth-order valence-corrected chi connectivity index (χ4v) is 3.91. The van der Waals surface area contributed by atoms with E-state index in [0.717, 1.165) is 5.92 Å². The second kappa shape index (κ2) is 5.05. The quantitative estimate of drug-likeness (QED) is 0.711. The Kier molecular flexibility index (Phi) is 3.82. The standard InChI is InChI=1S/C17H28N/c1-5-15-14-18(3,4)13-12-17(15,6-2)16-10-8-7-9-11-16/h7-11,15H,5-6,12-14H2,1-4H3/q+1. The molecule has 0 amide bonds. The molecule has 2 rings (SSSR count). The van der Waals surface area contributed by atoms with E-state index >= 15 is 0 Å². The third-order valence-corrected chi connectivity index (χ3v) is 5.13. The zero-order valence-corrected chi connectivity index (χ0v) is 12.4. The summed E-state index contributed by atoms with van der Waals surface area (Å²) in [6.07, 6.45) is 3.90. The minimum atomic E-state index is 0.420. The van der Waals surface area contributed by atoms with E-state index in [0.29, 0.717) is 5.41 Å². The average Bonchev–Trinajstić information content (AvgIpc) is 2.39. The van der Waals surface area contributed by atoms with Crippen LogP contribution in [-0.2, 0) is 5.41 Å². The Morgan fingerprint density at radius 1 is 1.17 bits per heavy atom. The Morgan fingerprint density at radius 2 is 1.83 bits per heavy atom. The molecule has 0 saturated carbocycles. The van der Waals surface area contributed by atoms with Gasteiger partial charge in [-0.15, -0.1) is 0 Å². The number of piperidine rings is 1. The van der Waals surface area contributed by atoms with Crippen LogP contribution < -0.4 is 0 Å². The molecule has 1 nitrogen and oxygen atoms in total. The lowest BCUT2D eigenvalue weighted by Crippen LogP contribution is -2.56. The number of quaternary nitrogens is 1. The zero-order chi connectivity index (χ0) is 13.2. The lowest BCUT2D eigenvalue weighted by molar-refractivity contribution is -0.900.